The topological polar surface area (TPSA) is 88.1 Å². The minimum atomic E-state index is -0.531. The molecule has 0 saturated carbocycles. The van der Waals surface area contributed by atoms with Gasteiger partial charge in [0.15, 0.2) is 0 Å². The molecule has 4 atom stereocenters. The summed E-state index contributed by atoms with van der Waals surface area (Å²) in [6.45, 7) is 1.74. The largest absolute Gasteiger partial charge is 0.350 e. The lowest BCUT2D eigenvalue weighted by atomic mass is 10.0. The Morgan fingerprint density at radius 3 is 2.88 bits per heavy atom. The van der Waals surface area contributed by atoms with Crippen molar-refractivity contribution in [3.8, 4) is 0 Å². The maximum atomic E-state index is 12.4. The van der Waals surface area contributed by atoms with E-state index in [0.717, 1.165) is 13.0 Å². The van der Waals surface area contributed by atoms with E-state index in [9.17, 15) is 9.59 Å². The van der Waals surface area contributed by atoms with Crippen molar-refractivity contribution in [3.63, 3.8) is 0 Å². The second-order valence-electron chi connectivity index (χ2n) is 6.99. The van der Waals surface area contributed by atoms with E-state index in [2.05, 4.69) is 40.7 Å². The fourth-order valence-electron chi connectivity index (χ4n) is 4.04. The summed E-state index contributed by atoms with van der Waals surface area (Å²) in [4.78, 5) is 31.6. The molecule has 26 heavy (non-hydrogen) atoms. The van der Waals surface area contributed by atoms with Crippen molar-refractivity contribution in [2.75, 3.05) is 19.7 Å². The SMILES string of the molecule is O=C(NOC[C@H]1C[C@H](n2cccc2)CN1)C1CCC2CN1C(=O)N2OS. The van der Waals surface area contributed by atoms with E-state index in [1.54, 1.807) is 0 Å². The van der Waals surface area contributed by atoms with Crippen LogP contribution in [-0.4, -0.2) is 64.3 Å². The van der Waals surface area contributed by atoms with Crippen molar-refractivity contribution >= 4 is 24.8 Å². The molecule has 3 saturated heterocycles. The number of urea groups is 1. The van der Waals surface area contributed by atoms with Crippen LogP contribution in [0.3, 0.4) is 0 Å². The molecular formula is C16H23N5O4S. The average molecular weight is 381 g/mol. The van der Waals surface area contributed by atoms with Gasteiger partial charge in [-0.1, -0.05) is 0 Å². The molecule has 10 heteroatoms. The highest BCUT2D eigenvalue weighted by Gasteiger charge is 2.48. The van der Waals surface area contributed by atoms with Gasteiger partial charge >= 0.3 is 6.03 Å². The minimum absolute atomic E-state index is 0.0433. The molecule has 2 bridgehead atoms. The van der Waals surface area contributed by atoms with Crippen LogP contribution in [0.15, 0.2) is 24.5 Å². The van der Waals surface area contributed by atoms with Crippen molar-refractivity contribution in [2.24, 2.45) is 0 Å². The third kappa shape index (κ3) is 3.29. The standard InChI is InChI=1S/C16H23N5O4S/c22-15(14-4-3-12-9-20(14)16(23)21(12)25-26)18-24-10-11-7-13(8-17-11)19-5-1-2-6-19/h1-2,5-6,11-14,17,26H,3-4,7-10H2,(H,18,22)/t11-,12?,13+,14?/m1/s1. The van der Waals surface area contributed by atoms with Crippen molar-refractivity contribution in [3.05, 3.63) is 24.5 Å². The maximum absolute atomic E-state index is 12.4. The van der Waals surface area contributed by atoms with Crippen LogP contribution in [-0.2, 0) is 13.9 Å². The number of aromatic nitrogens is 1. The molecule has 3 amide bonds. The van der Waals surface area contributed by atoms with Gasteiger partial charge in [0, 0.05) is 50.5 Å². The lowest BCUT2D eigenvalue weighted by Crippen LogP contribution is -2.50. The zero-order valence-electron chi connectivity index (χ0n) is 14.3. The third-order valence-corrected chi connectivity index (χ3v) is 5.59. The normalized spacial score (nSPS) is 30.9. The number of hydrogen-bond donors (Lipinski definition) is 3. The molecule has 1 aromatic rings. The van der Waals surface area contributed by atoms with Gasteiger partial charge in [-0.05, 0) is 31.4 Å². The van der Waals surface area contributed by atoms with Crippen LogP contribution in [0.2, 0.25) is 0 Å². The molecule has 0 aromatic carbocycles. The van der Waals surface area contributed by atoms with Gasteiger partial charge in [0.25, 0.3) is 5.91 Å². The molecular weight excluding hydrogens is 358 g/mol. The quantitative estimate of drug-likeness (QED) is 0.379. The minimum Gasteiger partial charge on any atom is -0.350 e. The van der Waals surface area contributed by atoms with Crippen LogP contribution in [0.25, 0.3) is 0 Å². The van der Waals surface area contributed by atoms with Crippen LogP contribution >= 0.6 is 12.9 Å². The fraction of sp³-hybridized carbons (Fsp3) is 0.625. The summed E-state index contributed by atoms with van der Waals surface area (Å²) in [6.07, 6.45) is 6.33. The molecule has 4 rings (SSSR count). The molecule has 0 aliphatic carbocycles. The van der Waals surface area contributed by atoms with Gasteiger partial charge in [0.2, 0.25) is 0 Å². The van der Waals surface area contributed by atoms with Crippen LogP contribution in [0, 0.1) is 0 Å². The van der Waals surface area contributed by atoms with Gasteiger partial charge in [0.05, 0.1) is 12.6 Å². The number of amides is 3. The number of fused-ring (bicyclic) bond motifs is 2. The Hall–Kier alpha value is -1.75. The molecule has 3 aliphatic rings. The molecule has 1 aromatic heterocycles. The van der Waals surface area contributed by atoms with Crippen molar-refractivity contribution < 1.29 is 18.7 Å². The molecule has 4 heterocycles. The Balaban J connectivity index is 1.23. The summed E-state index contributed by atoms with van der Waals surface area (Å²) in [5.74, 6) is -0.294. The Labute approximate surface area is 157 Å². The summed E-state index contributed by atoms with van der Waals surface area (Å²) < 4.78 is 7.00. The summed E-state index contributed by atoms with van der Waals surface area (Å²) in [7, 11) is 0. The highest BCUT2D eigenvalue weighted by Crippen LogP contribution is 2.30. The molecule has 3 fully saturated rings. The number of hydrogen-bond acceptors (Lipinski definition) is 6. The molecule has 0 radical (unpaired) electrons. The first-order chi connectivity index (χ1) is 12.7. The first-order valence-corrected chi connectivity index (χ1v) is 9.22. The van der Waals surface area contributed by atoms with E-state index in [0.29, 0.717) is 32.0 Å². The molecule has 142 valence electrons. The second-order valence-corrected chi connectivity index (χ2v) is 7.15. The van der Waals surface area contributed by atoms with Crippen molar-refractivity contribution in [1.29, 1.82) is 0 Å². The van der Waals surface area contributed by atoms with Gasteiger partial charge in [-0.3, -0.25) is 9.63 Å². The number of carbonyl (C=O) groups is 2. The molecule has 0 spiro atoms. The summed E-state index contributed by atoms with van der Waals surface area (Å²) in [5.41, 5.74) is 2.51. The van der Waals surface area contributed by atoms with E-state index in [1.165, 1.54) is 9.96 Å². The van der Waals surface area contributed by atoms with E-state index in [4.69, 9.17) is 9.12 Å². The van der Waals surface area contributed by atoms with Crippen LogP contribution in [0.5, 0.6) is 0 Å². The number of nitrogens with one attached hydrogen (secondary N) is 2. The molecule has 9 nitrogen and oxygen atoms in total. The Morgan fingerprint density at radius 1 is 1.31 bits per heavy atom. The van der Waals surface area contributed by atoms with Crippen molar-refractivity contribution in [2.45, 2.75) is 43.4 Å². The monoisotopic (exact) mass is 381 g/mol. The first-order valence-electron chi connectivity index (χ1n) is 8.86. The lowest BCUT2D eigenvalue weighted by molar-refractivity contribution is -0.139. The predicted octanol–water partition coefficient (Wildman–Crippen LogP) is 0.484. The van der Waals surface area contributed by atoms with Crippen LogP contribution < -0.4 is 10.8 Å². The summed E-state index contributed by atoms with van der Waals surface area (Å²) in [6, 6.07) is 3.71. The molecule has 3 aliphatic heterocycles. The number of hydroxylamine groups is 3. The smallest absolute Gasteiger partial charge is 0.345 e. The second kappa shape index (κ2) is 7.47. The van der Waals surface area contributed by atoms with Gasteiger partial charge < -0.3 is 14.8 Å². The molecule has 2 unspecified atom stereocenters. The Kier molecular flexibility index (Phi) is 5.07. The first kappa shape index (κ1) is 17.7. The van der Waals surface area contributed by atoms with Gasteiger partial charge in [-0.15, -0.1) is 0 Å². The van der Waals surface area contributed by atoms with Crippen LogP contribution in [0.4, 0.5) is 4.79 Å². The average Bonchev–Trinajstić information content (AvgIpc) is 3.37. The van der Waals surface area contributed by atoms with Crippen molar-refractivity contribution in [1.82, 2.24) is 25.3 Å². The van der Waals surface area contributed by atoms with E-state index < -0.39 is 6.04 Å². The van der Waals surface area contributed by atoms with E-state index in [-0.39, 0.29) is 24.0 Å². The van der Waals surface area contributed by atoms with E-state index >= 15 is 0 Å². The van der Waals surface area contributed by atoms with Gasteiger partial charge in [-0.25, -0.2) is 14.6 Å². The number of rotatable bonds is 6. The van der Waals surface area contributed by atoms with Gasteiger partial charge in [-0.2, -0.15) is 5.06 Å². The van der Waals surface area contributed by atoms with E-state index in [1.807, 2.05) is 12.1 Å². The summed E-state index contributed by atoms with van der Waals surface area (Å²) in [5, 5.41) is 4.63. The predicted molar refractivity (Wildman–Crippen MR) is 94.8 cm³/mol. The fourth-order valence-corrected chi connectivity index (χ4v) is 4.24. The lowest BCUT2D eigenvalue weighted by Gasteiger charge is -2.29. The number of thiol groups is 1. The number of carbonyl (C=O) groups excluding carboxylic acids is 2. The molecule has 2 N–H and O–H groups in total. The Morgan fingerprint density at radius 2 is 2.12 bits per heavy atom. The highest BCUT2D eigenvalue weighted by molar-refractivity contribution is 7.75. The number of piperidine rings is 1. The van der Waals surface area contributed by atoms with Crippen LogP contribution in [0.1, 0.15) is 25.3 Å². The zero-order valence-corrected chi connectivity index (χ0v) is 15.2. The highest BCUT2D eigenvalue weighted by atomic mass is 32.1. The van der Waals surface area contributed by atoms with Gasteiger partial charge in [0.1, 0.15) is 6.04 Å². The zero-order chi connectivity index (χ0) is 18.1. The number of nitrogens with zero attached hydrogens (tertiary/aromatic N) is 3. The Bertz CT molecular complexity index is 657. The maximum Gasteiger partial charge on any atom is 0.345 e. The summed E-state index contributed by atoms with van der Waals surface area (Å²) >= 11 is 3.72. The third-order valence-electron chi connectivity index (χ3n) is 5.42.